The maximum absolute atomic E-state index is 13.5. The van der Waals surface area contributed by atoms with Crippen LogP contribution in [-0.4, -0.2) is 12.3 Å². The van der Waals surface area contributed by atoms with E-state index in [4.69, 9.17) is 5.73 Å². The van der Waals surface area contributed by atoms with Crippen molar-refractivity contribution in [3.63, 3.8) is 0 Å². The van der Waals surface area contributed by atoms with Crippen LogP contribution in [0.3, 0.4) is 0 Å². The van der Waals surface area contributed by atoms with Gasteiger partial charge >= 0.3 is 0 Å². The van der Waals surface area contributed by atoms with Crippen LogP contribution in [0.25, 0.3) is 0 Å². The first-order valence-corrected chi connectivity index (χ1v) is 6.31. The molecule has 1 fully saturated rings. The first-order valence-electron chi connectivity index (χ1n) is 6.31. The van der Waals surface area contributed by atoms with Gasteiger partial charge in [0.1, 0.15) is 11.6 Å². The van der Waals surface area contributed by atoms with Crippen molar-refractivity contribution in [3.05, 3.63) is 35.4 Å². The van der Waals surface area contributed by atoms with Gasteiger partial charge in [-0.3, -0.25) is 4.79 Å². The average Bonchev–Trinajstić information content (AvgIpc) is 2.41. The van der Waals surface area contributed by atoms with E-state index in [1.54, 1.807) is 0 Å². The molecule has 18 heavy (non-hydrogen) atoms. The van der Waals surface area contributed by atoms with Gasteiger partial charge in [0.25, 0.3) is 0 Å². The Labute approximate surface area is 105 Å². The molecular weight excluding hydrogens is 236 g/mol. The van der Waals surface area contributed by atoms with Gasteiger partial charge in [0.05, 0.1) is 5.56 Å². The summed E-state index contributed by atoms with van der Waals surface area (Å²) in [4.78, 5) is 12.1. The Balaban J connectivity index is 2.10. The highest BCUT2D eigenvalue weighted by molar-refractivity contribution is 5.98. The molecule has 98 valence electrons. The van der Waals surface area contributed by atoms with Crippen LogP contribution in [0.1, 0.15) is 36.0 Å². The second-order valence-corrected chi connectivity index (χ2v) is 4.94. The molecule has 1 saturated carbocycles. The van der Waals surface area contributed by atoms with Gasteiger partial charge in [-0.25, -0.2) is 8.78 Å². The molecule has 1 aromatic carbocycles. The minimum atomic E-state index is -0.637. The van der Waals surface area contributed by atoms with Gasteiger partial charge in [-0.05, 0) is 56.3 Å². The Hall–Kier alpha value is -1.29. The van der Waals surface area contributed by atoms with Crippen LogP contribution in [-0.2, 0) is 0 Å². The lowest BCUT2D eigenvalue weighted by Crippen LogP contribution is -2.26. The molecule has 1 aliphatic carbocycles. The number of hydrogen-bond acceptors (Lipinski definition) is 2. The van der Waals surface area contributed by atoms with Gasteiger partial charge in [-0.1, -0.05) is 0 Å². The zero-order valence-electron chi connectivity index (χ0n) is 10.2. The molecule has 1 aromatic rings. The third-order valence-electron chi connectivity index (χ3n) is 3.74. The number of halogens is 2. The van der Waals surface area contributed by atoms with E-state index < -0.39 is 11.6 Å². The SMILES string of the molecule is NCC1CCC(C(=O)c2cc(F)ccc2F)CC1. The fourth-order valence-corrected chi connectivity index (χ4v) is 2.57. The molecule has 0 bridgehead atoms. The molecule has 0 heterocycles. The summed E-state index contributed by atoms with van der Waals surface area (Å²) >= 11 is 0. The molecule has 0 radical (unpaired) electrons. The molecule has 0 aliphatic heterocycles. The predicted octanol–water partition coefficient (Wildman–Crippen LogP) is 2.91. The molecule has 2 rings (SSSR count). The Morgan fingerprint density at radius 3 is 2.50 bits per heavy atom. The number of ketones is 1. The molecule has 2 nitrogen and oxygen atoms in total. The Bertz CT molecular complexity index is 439. The Morgan fingerprint density at radius 2 is 1.89 bits per heavy atom. The van der Waals surface area contributed by atoms with Gasteiger partial charge < -0.3 is 5.73 Å². The zero-order chi connectivity index (χ0) is 13.1. The van der Waals surface area contributed by atoms with E-state index in [1.807, 2.05) is 0 Å². The lowest BCUT2D eigenvalue weighted by Gasteiger charge is -2.26. The highest BCUT2D eigenvalue weighted by Crippen LogP contribution is 2.31. The van der Waals surface area contributed by atoms with Crippen LogP contribution >= 0.6 is 0 Å². The van der Waals surface area contributed by atoms with E-state index in [1.165, 1.54) is 0 Å². The minimum absolute atomic E-state index is 0.119. The van der Waals surface area contributed by atoms with Crippen LogP contribution in [0.5, 0.6) is 0 Å². The number of nitrogens with two attached hydrogens (primary N) is 1. The second-order valence-electron chi connectivity index (χ2n) is 4.94. The first kappa shape index (κ1) is 13.1. The monoisotopic (exact) mass is 253 g/mol. The summed E-state index contributed by atoms with van der Waals surface area (Å²) in [5, 5.41) is 0. The first-order chi connectivity index (χ1) is 8.61. The summed E-state index contributed by atoms with van der Waals surface area (Å²) in [6, 6.07) is 3.03. The third kappa shape index (κ3) is 2.75. The zero-order valence-corrected chi connectivity index (χ0v) is 10.2. The molecule has 0 atom stereocenters. The van der Waals surface area contributed by atoms with Crippen molar-refractivity contribution < 1.29 is 13.6 Å². The molecule has 1 aliphatic rings. The number of hydrogen-bond donors (Lipinski definition) is 1. The number of carbonyl (C=O) groups is 1. The van der Waals surface area contributed by atoms with E-state index in [0.29, 0.717) is 12.5 Å². The lowest BCUT2D eigenvalue weighted by atomic mass is 9.78. The second kappa shape index (κ2) is 5.57. The van der Waals surface area contributed by atoms with Crippen molar-refractivity contribution in [1.82, 2.24) is 0 Å². The summed E-state index contributed by atoms with van der Waals surface area (Å²) in [5.41, 5.74) is 5.47. The standard InChI is InChI=1S/C14H17F2NO/c15-11-5-6-13(16)12(7-11)14(18)10-3-1-9(8-17)2-4-10/h5-7,9-10H,1-4,8,17H2. The third-order valence-corrected chi connectivity index (χ3v) is 3.74. The van der Waals surface area contributed by atoms with Crippen molar-refractivity contribution in [2.75, 3.05) is 6.54 Å². The molecular formula is C14H17F2NO. The van der Waals surface area contributed by atoms with Crippen molar-refractivity contribution in [3.8, 4) is 0 Å². The molecule has 0 aromatic heterocycles. The maximum atomic E-state index is 13.5. The highest BCUT2D eigenvalue weighted by atomic mass is 19.1. The van der Waals surface area contributed by atoms with Gasteiger partial charge in [0.2, 0.25) is 0 Å². The van der Waals surface area contributed by atoms with E-state index >= 15 is 0 Å². The Kier molecular flexibility index (Phi) is 4.07. The molecule has 4 heteroatoms. The number of rotatable bonds is 3. The van der Waals surface area contributed by atoms with Crippen molar-refractivity contribution in [2.45, 2.75) is 25.7 Å². The quantitative estimate of drug-likeness (QED) is 0.842. The molecule has 0 saturated heterocycles. The number of Topliss-reactive ketones (excluding diaryl/α,β-unsaturated/α-hetero) is 1. The molecule has 2 N–H and O–H groups in total. The maximum Gasteiger partial charge on any atom is 0.168 e. The predicted molar refractivity (Wildman–Crippen MR) is 65.2 cm³/mol. The lowest BCUT2D eigenvalue weighted by molar-refractivity contribution is 0.0869. The van der Waals surface area contributed by atoms with Gasteiger partial charge in [-0.2, -0.15) is 0 Å². The fraction of sp³-hybridized carbons (Fsp3) is 0.500. The fourth-order valence-electron chi connectivity index (χ4n) is 2.57. The summed E-state index contributed by atoms with van der Waals surface area (Å²) in [6.07, 6.45) is 3.22. The molecule has 0 spiro atoms. The van der Waals surface area contributed by atoms with E-state index in [9.17, 15) is 13.6 Å². The van der Waals surface area contributed by atoms with Crippen molar-refractivity contribution >= 4 is 5.78 Å². The summed E-state index contributed by atoms with van der Waals surface area (Å²) in [6.45, 7) is 0.634. The van der Waals surface area contributed by atoms with Crippen molar-refractivity contribution in [1.29, 1.82) is 0 Å². The van der Waals surface area contributed by atoms with Crippen LogP contribution in [0.15, 0.2) is 18.2 Å². The van der Waals surface area contributed by atoms with Crippen LogP contribution in [0.4, 0.5) is 8.78 Å². The van der Waals surface area contributed by atoms with E-state index in [0.717, 1.165) is 43.9 Å². The van der Waals surface area contributed by atoms with Gasteiger partial charge in [-0.15, -0.1) is 0 Å². The smallest absolute Gasteiger partial charge is 0.168 e. The number of benzene rings is 1. The summed E-state index contributed by atoms with van der Waals surface area (Å²) in [5.74, 6) is -1.21. The highest BCUT2D eigenvalue weighted by Gasteiger charge is 2.28. The Morgan fingerprint density at radius 1 is 1.22 bits per heavy atom. The van der Waals surface area contributed by atoms with E-state index in [2.05, 4.69) is 0 Å². The largest absolute Gasteiger partial charge is 0.330 e. The minimum Gasteiger partial charge on any atom is -0.330 e. The van der Waals surface area contributed by atoms with Gasteiger partial charge in [0.15, 0.2) is 5.78 Å². The molecule has 0 unspecified atom stereocenters. The normalized spacial score (nSPS) is 23.9. The van der Waals surface area contributed by atoms with Crippen LogP contribution < -0.4 is 5.73 Å². The summed E-state index contributed by atoms with van der Waals surface area (Å²) in [7, 11) is 0. The molecule has 0 amide bonds. The van der Waals surface area contributed by atoms with Crippen LogP contribution in [0, 0.1) is 23.5 Å². The number of carbonyl (C=O) groups excluding carboxylic acids is 1. The van der Waals surface area contributed by atoms with Crippen LogP contribution in [0.2, 0.25) is 0 Å². The average molecular weight is 253 g/mol. The van der Waals surface area contributed by atoms with Crippen molar-refractivity contribution in [2.24, 2.45) is 17.6 Å². The van der Waals surface area contributed by atoms with E-state index in [-0.39, 0.29) is 17.3 Å². The van der Waals surface area contributed by atoms with Gasteiger partial charge in [0, 0.05) is 5.92 Å². The summed E-state index contributed by atoms with van der Waals surface area (Å²) < 4.78 is 26.6. The topological polar surface area (TPSA) is 43.1 Å².